The predicted molar refractivity (Wildman–Crippen MR) is 68.0 cm³/mol. The molecule has 0 spiro atoms. The summed E-state index contributed by atoms with van der Waals surface area (Å²) in [7, 11) is 0. The first-order valence-corrected chi connectivity index (χ1v) is 6.33. The van der Waals surface area contributed by atoms with Gasteiger partial charge < -0.3 is 4.52 Å². The quantitative estimate of drug-likeness (QED) is 0.822. The van der Waals surface area contributed by atoms with Gasteiger partial charge in [0.25, 0.3) is 0 Å². The van der Waals surface area contributed by atoms with E-state index >= 15 is 0 Å². The van der Waals surface area contributed by atoms with E-state index in [-0.39, 0.29) is 0 Å². The van der Waals surface area contributed by atoms with Gasteiger partial charge in [0.05, 0.1) is 5.69 Å². The minimum Gasteiger partial charge on any atom is -0.361 e. The normalized spacial score (nSPS) is 19.2. The summed E-state index contributed by atoms with van der Waals surface area (Å²) in [5.41, 5.74) is 2.61. The number of aryl methyl sites for hydroxylation is 1. The van der Waals surface area contributed by atoms with Crippen molar-refractivity contribution in [2.75, 3.05) is 32.7 Å². The first-order valence-electron chi connectivity index (χ1n) is 5.90. The molecule has 1 fully saturated rings. The molecule has 0 atom stereocenters. The van der Waals surface area contributed by atoms with Crippen LogP contribution in [0, 0.1) is 6.92 Å². The second kappa shape index (κ2) is 6.19. The van der Waals surface area contributed by atoms with Crippen molar-refractivity contribution in [3.63, 3.8) is 0 Å². The molecule has 1 aromatic heterocycles. The van der Waals surface area contributed by atoms with Gasteiger partial charge in [-0.2, -0.15) is 0 Å². The van der Waals surface area contributed by atoms with E-state index in [0.717, 1.165) is 50.7 Å². The van der Waals surface area contributed by atoms with E-state index in [2.05, 4.69) is 15.0 Å². The molecular formula is C12H18ClN3O. The van der Waals surface area contributed by atoms with Crippen LogP contribution in [0.1, 0.15) is 11.5 Å². The molecule has 5 heteroatoms. The molecule has 0 radical (unpaired) electrons. The number of hydrogen-bond donors (Lipinski definition) is 0. The minimum absolute atomic E-state index is 0.880. The van der Waals surface area contributed by atoms with Crippen molar-refractivity contribution in [3.8, 4) is 0 Å². The summed E-state index contributed by atoms with van der Waals surface area (Å²) in [5, 5.41) is 4.02. The van der Waals surface area contributed by atoms with Crippen LogP contribution in [0.2, 0.25) is 0 Å². The van der Waals surface area contributed by atoms with Crippen LogP contribution in [0.4, 0.5) is 0 Å². The lowest BCUT2D eigenvalue weighted by atomic mass is 10.3. The zero-order valence-electron chi connectivity index (χ0n) is 10.1. The summed E-state index contributed by atoms with van der Waals surface area (Å²) in [4.78, 5) is 4.79. The summed E-state index contributed by atoms with van der Waals surface area (Å²) < 4.78 is 5.07. The van der Waals surface area contributed by atoms with Crippen LogP contribution in [0.15, 0.2) is 22.2 Å². The summed E-state index contributed by atoms with van der Waals surface area (Å²) in [5.74, 6) is 0.880. The van der Waals surface area contributed by atoms with Gasteiger partial charge >= 0.3 is 0 Å². The van der Waals surface area contributed by atoms with Gasteiger partial charge in [0.2, 0.25) is 0 Å². The molecule has 1 aliphatic heterocycles. The highest BCUT2D eigenvalue weighted by atomic mass is 35.5. The molecule has 1 saturated heterocycles. The Kier molecular flexibility index (Phi) is 4.59. The monoisotopic (exact) mass is 255 g/mol. The van der Waals surface area contributed by atoms with E-state index in [0.29, 0.717) is 0 Å². The van der Waals surface area contributed by atoms with Crippen molar-refractivity contribution < 1.29 is 4.52 Å². The third kappa shape index (κ3) is 3.84. The highest BCUT2D eigenvalue weighted by Crippen LogP contribution is 2.08. The largest absolute Gasteiger partial charge is 0.361 e. The van der Waals surface area contributed by atoms with E-state index in [4.69, 9.17) is 16.1 Å². The number of hydrogen-bond acceptors (Lipinski definition) is 4. The molecule has 2 rings (SSSR count). The average Bonchev–Trinajstić information content (AvgIpc) is 2.74. The third-order valence-electron chi connectivity index (χ3n) is 2.98. The number of rotatable bonds is 4. The van der Waals surface area contributed by atoms with Crippen LogP contribution in [0.3, 0.4) is 0 Å². The Morgan fingerprint density at radius 3 is 2.65 bits per heavy atom. The molecule has 0 amide bonds. The van der Waals surface area contributed by atoms with E-state index in [1.807, 2.05) is 19.1 Å². The Labute approximate surface area is 107 Å². The summed E-state index contributed by atoms with van der Waals surface area (Å²) >= 11 is 5.52. The number of nitrogens with zero attached hydrogens (tertiary/aromatic N) is 3. The van der Waals surface area contributed by atoms with Gasteiger partial charge in [-0.15, -0.1) is 0 Å². The predicted octanol–water partition coefficient (Wildman–Crippen LogP) is 1.85. The van der Waals surface area contributed by atoms with Gasteiger partial charge in [-0.3, -0.25) is 9.80 Å². The molecule has 17 heavy (non-hydrogen) atoms. The topological polar surface area (TPSA) is 32.5 Å². The van der Waals surface area contributed by atoms with Gasteiger partial charge in [0.15, 0.2) is 0 Å². The zero-order chi connectivity index (χ0) is 12.1. The van der Waals surface area contributed by atoms with Crippen molar-refractivity contribution in [2.24, 2.45) is 0 Å². The molecule has 0 bridgehead atoms. The molecule has 4 nitrogen and oxygen atoms in total. The first-order chi connectivity index (χ1) is 8.28. The zero-order valence-corrected chi connectivity index (χ0v) is 10.9. The van der Waals surface area contributed by atoms with Crippen LogP contribution in [0.25, 0.3) is 0 Å². The molecule has 0 aromatic carbocycles. The Hall–Kier alpha value is -0.840. The standard InChI is InChI=1S/C12H18ClN3O/c1-11-9-12(14-17-11)10-16-7-5-15(6-8-16)4-2-3-13/h2-3,9H,4-8,10H2,1H3/b3-2+. The maximum absolute atomic E-state index is 5.52. The van der Waals surface area contributed by atoms with Crippen LogP contribution in [0.5, 0.6) is 0 Å². The van der Waals surface area contributed by atoms with Gasteiger partial charge in [0.1, 0.15) is 5.76 Å². The molecule has 2 heterocycles. The summed E-state index contributed by atoms with van der Waals surface area (Å²) in [6.07, 6.45) is 1.98. The smallest absolute Gasteiger partial charge is 0.133 e. The highest BCUT2D eigenvalue weighted by molar-refractivity contribution is 6.25. The Morgan fingerprint density at radius 2 is 2.06 bits per heavy atom. The maximum atomic E-state index is 5.52. The fraction of sp³-hybridized carbons (Fsp3) is 0.583. The van der Waals surface area contributed by atoms with Crippen molar-refractivity contribution in [1.29, 1.82) is 0 Å². The summed E-state index contributed by atoms with van der Waals surface area (Å²) in [6.45, 7) is 8.06. The molecule has 0 aliphatic carbocycles. The molecule has 94 valence electrons. The third-order valence-corrected chi connectivity index (χ3v) is 3.16. The Balaban J connectivity index is 1.75. The van der Waals surface area contributed by atoms with E-state index < -0.39 is 0 Å². The number of aromatic nitrogens is 1. The molecule has 0 unspecified atom stereocenters. The van der Waals surface area contributed by atoms with Crippen LogP contribution >= 0.6 is 11.6 Å². The minimum atomic E-state index is 0.880. The SMILES string of the molecule is Cc1cc(CN2CCN(C/C=C/Cl)CC2)no1. The summed E-state index contributed by atoms with van der Waals surface area (Å²) in [6, 6.07) is 2.00. The lowest BCUT2D eigenvalue weighted by molar-refractivity contribution is 0.134. The van der Waals surface area contributed by atoms with Crippen LogP contribution in [-0.2, 0) is 6.54 Å². The molecular weight excluding hydrogens is 238 g/mol. The van der Waals surface area contributed by atoms with Gasteiger partial charge in [-0.05, 0) is 6.92 Å². The average molecular weight is 256 g/mol. The van der Waals surface area contributed by atoms with Gasteiger partial charge in [-0.1, -0.05) is 22.8 Å². The van der Waals surface area contributed by atoms with Crippen molar-refractivity contribution in [3.05, 3.63) is 29.1 Å². The van der Waals surface area contributed by atoms with E-state index in [1.54, 1.807) is 5.54 Å². The Morgan fingerprint density at radius 1 is 1.35 bits per heavy atom. The number of piperazine rings is 1. The van der Waals surface area contributed by atoms with Gasteiger partial charge in [0, 0.05) is 50.9 Å². The van der Waals surface area contributed by atoms with Crippen LogP contribution in [-0.4, -0.2) is 47.7 Å². The number of halogens is 1. The maximum Gasteiger partial charge on any atom is 0.133 e. The molecule has 0 saturated carbocycles. The highest BCUT2D eigenvalue weighted by Gasteiger charge is 2.16. The lowest BCUT2D eigenvalue weighted by Gasteiger charge is -2.33. The van der Waals surface area contributed by atoms with Crippen molar-refractivity contribution in [1.82, 2.24) is 15.0 Å². The fourth-order valence-corrected chi connectivity index (χ4v) is 2.12. The molecule has 1 aromatic rings. The van der Waals surface area contributed by atoms with Gasteiger partial charge in [-0.25, -0.2) is 0 Å². The second-order valence-corrected chi connectivity index (χ2v) is 4.62. The lowest BCUT2D eigenvalue weighted by Crippen LogP contribution is -2.45. The fourth-order valence-electron chi connectivity index (χ4n) is 2.04. The first kappa shape index (κ1) is 12.6. The van der Waals surface area contributed by atoms with Crippen molar-refractivity contribution >= 4 is 11.6 Å². The van der Waals surface area contributed by atoms with E-state index in [1.165, 1.54) is 0 Å². The Bertz CT molecular complexity index is 370. The van der Waals surface area contributed by atoms with Crippen LogP contribution < -0.4 is 0 Å². The molecule has 0 N–H and O–H groups in total. The van der Waals surface area contributed by atoms with Crippen molar-refractivity contribution in [2.45, 2.75) is 13.5 Å². The second-order valence-electron chi connectivity index (χ2n) is 4.37. The molecule has 1 aliphatic rings. The van der Waals surface area contributed by atoms with E-state index in [9.17, 15) is 0 Å².